The van der Waals surface area contributed by atoms with Crippen LogP contribution in [0.1, 0.15) is 43.1 Å². The third-order valence-electron chi connectivity index (χ3n) is 4.92. The molecule has 0 saturated heterocycles. The van der Waals surface area contributed by atoms with E-state index in [4.69, 9.17) is 25.8 Å². The van der Waals surface area contributed by atoms with Gasteiger partial charge in [0.05, 0.1) is 36.6 Å². The lowest BCUT2D eigenvalue weighted by Gasteiger charge is -2.18. The van der Waals surface area contributed by atoms with Crippen LogP contribution in [-0.4, -0.2) is 31.9 Å². The third kappa shape index (κ3) is 5.51. The number of halogens is 1. The van der Waals surface area contributed by atoms with Crippen LogP contribution in [0.5, 0.6) is 17.2 Å². The monoisotopic (exact) mass is 454 g/mol. The first-order valence-corrected chi connectivity index (χ1v) is 10.9. The molecule has 1 atom stereocenters. The van der Waals surface area contributed by atoms with E-state index in [9.17, 15) is 4.79 Å². The molecule has 0 aliphatic carbocycles. The highest BCUT2D eigenvalue weighted by Gasteiger charge is 2.15. The van der Waals surface area contributed by atoms with Crippen molar-refractivity contribution >= 4 is 34.5 Å². The van der Waals surface area contributed by atoms with Crippen molar-refractivity contribution in [3.05, 3.63) is 64.7 Å². The van der Waals surface area contributed by atoms with Crippen molar-refractivity contribution in [3.63, 3.8) is 0 Å². The number of rotatable bonds is 9. The number of hydrogen-bond acceptors (Lipinski definition) is 5. The Balaban J connectivity index is 1.81. The Kier molecular flexibility index (Phi) is 7.95. The zero-order chi connectivity index (χ0) is 23.1. The second-order valence-electron chi connectivity index (χ2n) is 7.20. The van der Waals surface area contributed by atoms with Gasteiger partial charge >= 0.3 is 0 Å². The van der Waals surface area contributed by atoms with Crippen molar-refractivity contribution in [2.24, 2.45) is 5.10 Å². The molecule has 0 bridgehead atoms. The number of carbonyl (C=O) groups excluding carboxylic acids is 1. The number of amides is 1. The number of ether oxygens (including phenoxy) is 3. The van der Waals surface area contributed by atoms with E-state index in [1.807, 2.05) is 51.1 Å². The van der Waals surface area contributed by atoms with Gasteiger partial charge in [-0.1, -0.05) is 42.8 Å². The predicted molar refractivity (Wildman–Crippen MR) is 129 cm³/mol. The lowest BCUT2D eigenvalue weighted by atomic mass is 10.1. The summed E-state index contributed by atoms with van der Waals surface area (Å²) < 4.78 is 17.0. The molecule has 1 amide bonds. The molecule has 0 fully saturated rings. The first-order valence-electron chi connectivity index (χ1n) is 10.5. The SMILES string of the molecule is CCOc1cc(C=NNC(=O)c2cc3ccccc3cc2OC)cc(Cl)c1OC(C)CC. The maximum absolute atomic E-state index is 12.7. The van der Waals surface area contributed by atoms with Gasteiger partial charge in [0, 0.05) is 0 Å². The van der Waals surface area contributed by atoms with Gasteiger partial charge in [0.15, 0.2) is 11.5 Å². The van der Waals surface area contributed by atoms with Gasteiger partial charge in [0.2, 0.25) is 0 Å². The number of methoxy groups -OCH3 is 1. The zero-order valence-electron chi connectivity index (χ0n) is 18.6. The lowest BCUT2D eigenvalue weighted by Crippen LogP contribution is -2.18. The molecule has 0 heterocycles. The first kappa shape index (κ1) is 23.4. The fraction of sp³-hybridized carbons (Fsp3) is 0.280. The fourth-order valence-corrected chi connectivity index (χ4v) is 3.38. The highest BCUT2D eigenvalue weighted by Crippen LogP contribution is 2.37. The summed E-state index contributed by atoms with van der Waals surface area (Å²) in [5.74, 6) is 1.13. The van der Waals surface area contributed by atoms with Gasteiger partial charge in [-0.15, -0.1) is 0 Å². The van der Waals surface area contributed by atoms with Gasteiger partial charge < -0.3 is 14.2 Å². The molecule has 0 aromatic heterocycles. The molecular weight excluding hydrogens is 428 g/mol. The van der Waals surface area contributed by atoms with Crippen LogP contribution in [0.15, 0.2) is 53.6 Å². The summed E-state index contributed by atoms with van der Waals surface area (Å²) >= 11 is 6.43. The van der Waals surface area contributed by atoms with Crippen molar-refractivity contribution in [2.75, 3.05) is 13.7 Å². The van der Waals surface area contributed by atoms with Crippen LogP contribution in [0, 0.1) is 0 Å². The summed E-state index contributed by atoms with van der Waals surface area (Å²) in [5, 5.41) is 6.43. The van der Waals surface area contributed by atoms with Crippen LogP contribution < -0.4 is 19.6 Å². The molecule has 1 unspecified atom stereocenters. The van der Waals surface area contributed by atoms with Crippen molar-refractivity contribution in [1.82, 2.24) is 5.43 Å². The molecule has 1 N–H and O–H groups in total. The van der Waals surface area contributed by atoms with Crippen LogP contribution in [0.25, 0.3) is 10.8 Å². The molecule has 3 aromatic rings. The molecule has 0 saturated carbocycles. The van der Waals surface area contributed by atoms with Gasteiger partial charge in [0.25, 0.3) is 5.91 Å². The first-order chi connectivity index (χ1) is 15.5. The average Bonchev–Trinajstić information content (AvgIpc) is 2.80. The summed E-state index contributed by atoms with van der Waals surface area (Å²) in [5.41, 5.74) is 3.61. The Morgan fingerprint density at radius 1 is 1.12 bits per heavy atom. The summed E-state index contributed by atoms with van der Waals surface area (Å²) in [6.07, 6.45) is 2.35. The maximum Gasteiger partial charge on any atom is 0.275 e. The highest BCUT2D eigenvalue weighted by atomic mass is 35.5. The van der Waals surface area contributed by atoms with Gasteiger partial charge in [-0.3, -0.25) is 4.79 Å². The average molecular weight is 455 g/mol. The molecule has 168 valence electrons. The molecule has 3 rings (SSSR count). The summed E-state index contributed by atoms with van der Waals surface area (Å²) in [4.78, 5) is 12.7. The summed E-state index contributed by atoms with van der Waals surface area (Å²) in [6.45, 7) is 6.36. The molecule has 0 radical (unpaired) electrons. The van der Waals surface area contributed by atoms with E-state index in [-0.39, 0.29) is 12.0 Å². The molecule has 32 heavy (non-hydrogen) atoms. The van der Waals surface area contributed by atoms with Crippen molar-refractivity contribution in [2.45, 2.75) is 33.3 Å². The van der Waals surface area contributed by atoms with E-state index in [2.05, 4.69) is 10.5 Å². The number of fused-ring (bicyclic) bond motifs is 1. The molecule has 7 heteroatoms. The van der Waals surface area contributed by atoms with E-state index < -0.39 is 0 Å². The highest BCUT2D eigenvalue weighted by molar-refractivity contribution is 6.32. The summed E-state index contributed by atoms with van der Waals surface area (Å²) in [7, 11) is 1.53. The molecule has 0 spiro atoms. The van der Waals surface area contributed by atoms with Crippen molar-refractivity contribution in [1.29, 1.82) is 0 Å². The quantitative estimate of drug-likeness (QED) is 0.325. The van der Waals surface area contributed by atoms with Crippen molar-refractivity contribution < 1.29 is 19.0 Å². The number of hydrazone groups is 1. The minimum Gasteiger partial charge on any atom is -0.496 e. The summed E-state index contributed by atoms with van der Waals surface area (Å²) in [6, 6.07) is 14.9. The van der Waals surface area contributed by atoms with Gasteiger partial charge in [-0.2, -0.15) is 5.10 Å². The van der Waals surface area contributed by atoms with Gasteiger partial charge in [0.1, 0.15) is 5.75 Å². The lowest BCUT2D eigenvalue weighted by molar-refractivity contribution is 0.0952. The largest absolute Gasteiger partial charge is 0.496 e. The number of nitrogens with one attached hydrogen (secondary N) is 1. The number of nitrogens with zero attached hydrogens (tertiary/aromatic N) is 1. The molecule has 0 aliphatic rings. The second-order valence-corrected chi connectivity index (χ2v) is 7.61. The third-order valence-corrected chi connectivity index (χ3v) is 5.20. The standard InChI is InChI=1S/C25H27ClN2O4/c1-5-16(3)32-24-21(26)11-17(12-23(24)31-6-2)15-27-28-25(29)20-13-18-9-7-8-10-19(18)14-22(20)30-4/h7-16H,5-6H2,1-4H3,(H,28,29). The Labute approximate surface area is 193 Å². The number of benzene rings is 3. The number of hydrogen-bond donors (Lipinski definition) is 1. The van der Waals surface area contributed by atoms with E-state index in [1.165, 1.54) is 13.3 Å². The van der Waals surface area contributed by atoms with E-state index in [1.54, 1.807) is 18.2 Å². The van der Waals surface area contributed by atoms with Gasteiger partial charge in [-0.25, -0.2) is 5.43 Å². The predicted octanol–water partition coefficient (Wildman–Crippen LogP) is 5.84. The maximum atomic E-state index is 12.7. The van der Waals surface area contributed by atoms with Gasteiger partial charge in [-0.05, 0) is 60.9 Å². The Bertz CT molecular complexity index is 1130. The van der Waals surface area contributed by atoms with Crippen molar-refractivity contribution in [3.8, 4) is 17.2 Å². The Hall–Kier alpha value is -3.25. The Morgan fingerprint density at radius 2 is 1.84 bits per heavy atom. The molecule has 0 aliphatic heterocycles. The van der Waals surface area contributed by atoms with Crippen LogP contribution in [0.3, 0.4) is 0 Å². The minimum absolute atomic E-state index is 0.00226. The number of carbonyl (C=O) groups is 1. The fourth-order valence-electron chi connectivity index (χ4n) is 3.12. The minimum atomic E-state index is -0.378. The van der Waals surface area contributed by atoms with Crippen LogP contribution in [0.4, 0.5) is 0 Å². The van der Waals surface area contributed by atoms with Crippen LogP contribution in [-0.2, 0) is 0 Å². The topological polar surface area (TPSA) is 69.2 Å². The normalized spacial score (nSPS) is 12.0. The van der Waals surface area contributed by atoms with E-state index >= 15 is 0 Å². The molecule has 3 aromatic carbocycles. The Morgan fingerprint density at radius 3 is 2.50 bits per heavy atom. The molecular formula is C25H27ClN2O4. The van der Waals surface area contributed by atoms with Crippen LogP contribution >= 0.6 is 11.6 Å². The molecule has 6 nitrogen and oxygen atoms in total. The van der Waals surface area contributed by atoms with Crippen LogP contribution in [0.2, 0.25) is 5.02 Å². The van der Waals surface area contributed by atoms with E-state index in [0.717, 1.165) is 17.2 Å². The van der Waals surface area contributed by atoms with E-state index in [0.29, 0.717) is 40.0 Å². The second kappa shape index (κ2) is 10.9. The smallest absolute Gasteiger partial charge is 0.275 e. The zero-order valence-corrected chi connectivity index (χ0v) is 19.4.